The number of methoxy groups -OCH3 is 1. The van der Waals surface area contributed by atoms with E-state index in [4.69, 9.17) is 14.2 Å². The lowest BCUT2D eigenvalue weighted by Crippen LogP contribution is -2.58. The van der Waals surface area contributed by atoms with Gasteiger partial charge in [0.2, 0.25) is 5.60 Å². The number of rotatable bonds is 6. The molecule has 13 heteroatoms. The fourth-order valence-electron chi connectivity index (χ4n) is 7.56. The predicted molar refractivity (Wildman–Crippen MR) is 155 cm³/mol. The average molecular weight is 635 g/mol. The van der Waals surface area contributed by atoms with Crippen molar-refractivity contribution in [3.8, 4) is 17.2 Å². The normalized spacial score (nSPS) is 26.4. The molecule has 2 aromatic rings. The number of aliphatic hydroxyl groups is 2. The van der Waals surface area contributed by atoms with Gasteiger partial charge in [-0.25, -0.2) is 4.79 Å². The Labute approximate surface area is 261 Å². The van der Waals surface area contributed by atoms with Crippen molar-refractivity contribution in [3.05, 3.63) is 69.3 Å². The molecule has 0 amide bonds. The highest BCUT2D eigenvalue weighted by Crippen LogP contribution is 2.64. The van der Waals surface area contributed by atoms with Crippen LogP contribution in [0.1, 0.15) is 77.7 Å². The lowest BCUT2D eigenvalue weighted by Gasteiger charge is -2.45. The maximum absolute atomic E-state index is 14.6. The number of carbonyl (C=O) groups is 5. The molecular formula is C33H30O13. The number of hydrogen-bond acceptors (Lipinski definition) is 12. The number of benzene rings is 2. The number of phenolic OH excluding ortho intramolecular Hbond substituents is 2. The molecule has 7 rings (SSSR count). The van der Waals surface area contributed by atoms with E-state index in [1.165, 1.54) is 25.1 Å². The van der Waals surface area contributed by atoms with Gasteiger partial charge in [-0.2, -0.15) is 0 Å². The molecule has 0 radical (unpaired) electrons. The molecule has 4 aliphatic carbocycles. The van der Waals surface area contributed by atoms with Crippen LogP contribution in [0.15, 0.2) is 41.5 Å². The van der Waals surface area contributed by atoms with Gasteiger partial charge in [0, 0.05) is 24.5 Å². The van der Waals surface area contributed by atoms with E-state index in [9.17, 15) is 49.5 Å². The van der Waals surface area contributed by atoms with Crippen LogP contribution in [-0.4, -0.2) is 73.8 Å². The Morgan fingerprint density at radius 1 is 1.09 bits per heavy atom. The molecule has 46 heavy (non-hydrogen) atoms. The summed E-state index contributed by atoms with van der Waals surface area (Å²) in [4.78, 5) is 65.3. The van der Waals surface area contributed by atoms with Crippen molar-refractivity contribution in [1.29, 1.82) is 0 Å². The second-order valence-corrected chi connectivity index (χ2v) is 12.1. The molecule has 0 saturated carbocycles. The summed E-state index contributed by atoms with van der Waals surface area (Å²) in [6.45, 7) is 2.80. The van der Waals surface area contributed by atoms with Crippen molar-refractivity contribution in [2.45, 2.75) is 63.3 Å². The summed E-state index contributed by atoms with van der Waals surface area (Å²) >= 11 is 0. The molecule has 2 aromatic carbocycles. The number of carboxylic acids is 1. The molecular weight excluding hydrogens is 604 g/mol. The number of aromatic hydroxyl groups is 2. The van der Waals surface area contributed by atoms with Crippen molar-refractivity contribution >= 4 is 35.2 Å². The average Bonchev–Trinajstić information content (AvgIpc) is 3.17. The maximum Gasteiger partial charge on any atom is 0.353 e. The molecule has 5 unspecified atom stereocenters. The Bertz CT molecular complexity index is 1830. The molecule has 5 N–H and O–H groups in total. The van der Waals surface area contributed by atoms with Crippen LogP contribution in [0.25, 0.3) is 5.76 Å². The highest BCUT2D eigenvalue weighted by molar-refractivity contribution is 6.13. The maximum atomic E-state index is 14.6. The lowest BCUT2D eigenvalue weighted by molar-refractivity contribution is -0.172. The van der Waals surface area contributed by atoms with Crippen molar-refractivity contribution in [1.82, 2.24) is 0 Å². The van der Waals surface area contributed by atoms with E-state index in [1.54, 1.807) is 19.1 Å². The van der Waals surface area contributed by atoms with E-state index < -0.39 is 89.4 Å². The zero-order valence-electron chi connectivity index (χ0n) is 24.9. The third kappa shape index (κ3) is 4.14. The standard InChI is InChI=1S/C33H30O13/c1-13-10-32-11-15-9-18(36)25-19(37)12-33(31(43)44-3,20(38)7-8-21(39)40)46-29(25)23(15)22(13)27(41)26(32)28(42)24-16(5-4-6-17(24)35)30(32)45-14(2)34/h4-6,9-10,20,22,30,35-36,38,42H,7-8,11-12H2,1-3H3,(H,39,40). The molecule has 1 spiro atoms. The Kier molecular flexibility index (Phi) is 7.00. The number of esters is 2. The van der Waals surface area contributed by atoms with Gasteiger partial charge in [0.15, 0.2) is 11.6 Å². The first-order chi connectivity index (χ1) is 21.7. The molecule has 2 bridgehead atoms. The summed E-state index contributed by atoms with van der Waals surface area (Å²) in [5, 5.41) is 53.9. The minimum Gasteiger partial charge on any atom is -0.507 e. The van der Waals surface area contributed by atoms with Crippen LogP contribution in [0.2, 0.25) is 0 Å². The lowest BCUT2D eigenvalue weighted by atomic mass is 9.60. The summed E-state index contributed by atoms with van der Waals surface area (Å²) in [7, 11) is 1.000. The van der Waals surface area contributed by atoms with Crippen LogP contribution in [-0.2, 0) is 35.1 Å². The monoisotopic (exact) mass is 634 g/mol. The SMILES string of the molecule is COC(=O)C1(C(O)CCC(=O)O)CC(=O)c2c(O)cc3c(c2O1)C1C(=O)C2=C(O)c4c(O)cccc4C(OC(C)=O)C2(C=C1C)C3. The fourth-order valence-corrected chi connectivity index (χ4v) is 7.56. The van der Waals surface area contributed by atoms with Gasteiger partial charge in [0.1, 0.15) is 40.8 Å². The van der Waals surface area contributed by atoms with Gasteiger partial charge in [-0.15, -0.1) is 0 Å². The molecule has 5 aliphatic rings. The topological polar surface area (TPSA) is 214 Å². The Morgan fingerprint density at radius 3 is 2.46 bits per heavy atom. The predicted octanol–water partition coefficient (Wildman–Crippen LogP) is 2.94. The molecule has 1 aliphatic heterocycles. The van der Waals surface area contributed by atoms with Crippen molar-refractivity contribution < 1.29 is 63.7 Å². The van der Waals surface area contributed by atoms with E-state index in [1.807, 2.05) is 0 Å². The van der Waals surface area contributed by atoms with Gasteiger partial charge in [-0.1, -0.05) is 23.8 Å². The Hall–Kier alpha value is -5.17. The number of fused-ring (bicyclic) bond motifs is 2. The first kappa shape index (κ1) is 30.8. The Balaban J connectivity index is 1.63. The minimum absolute atomic E-state index is 0.0692. The number of ether oxygens (including phenoxy) is 3. The highest BCUT2D eigenvalue weighted by atomic mass is 16.6. The third-order valence-corrected chi connectivity index (χ3v) is 9.34. The van der Waals surface area contributed by atoms with Crippen LogP contribution in [0.3, 0.4) is 0 Å². The number of carboxylic acid groups (broad SMARTS) is 1. The van der Waals surface area contributed by atoms with Gasteiger partial charge in [0.05, 0.1) is 36.0 Å². The second-order valence-electron chi connectivity index (χ2n) is 12.1. The fraction of sp³-hybridized carbons (Fsp3) is 0.364. The van der Waals surface area contributed by atoms with E-state index >= 15 is 0 Å². The van der Waals surface area contributed by atoms with Crippen LogP contribution >= 0.6 is 0 Å². The van der Waals surface area contributed by atoms with E-state index in [-0.39, 0.29) is 51.3 Å². The van der Waals surface area contributed by atoms with E-state index in [2.05, 4.69) is 0 Å². The summed E-state index contributed by atoms with van der Waals surface area (Å²) in [6.07, 6.45) is -3.45. The number of phenols is 2. The van der Waals surface area contributed by atoms with Gasteiger partial charge >= 0.3 is 17.9 Å². The van der Waals surface area contributed by atoms with Crippen molar-refractivity contribution in [2.75, 3.05) is 7.11 Å². The van der Waals surface area contributed by atoms with Gasteiger partial charge < -0.3 is 39.7 Å². The second kappa shape index (κ2) is 10.4. The zero-order chi connectivity index (χ0) is 33.5. The quantitative estimate of drug-likeness (QED) is 0.229. The van der Waals surface area contributed by atoms with Crippen molar-refractivity contribution in [3.63, 3.8) is 0 Å². The smallest absolute Gasteiger partial charge is 0.353 e. The van der Waals surface area contributed by atoms with Crippen molar-refractivity contribution in [2.24, 2.45) is 5.41 Å². The molecule has 0 aromatic heterocycles. The number of allylic oxidation sites excluding steroid dienone is 1. The number of carbonyl (C=O) groups excluding carboxylic acids is 4. The first-order valence-electron chi connectivity index (χ1n) is 14.4. The molecule has 5 atom stereocenters. The number of Topliss-reactive ketones (excluding diaryl/α,β-unsaturated/α-hetero) is 2. The summed E-state index contributed by atoms with van der Waals surface area (Å²) < 4.78 is 16.9. The van der Waals surface area contributed by atoms with Crippen LogP contribution in [0.5, 0.6) is 17.2 Å². The number of aliphatic hydroxyl groups excluding tert-OH is 2. The Morgan fingerprint density at radius 2 is 1.80 bits per heavy atom. The summed E-state index contributed by atoms with van der Waals surface area (Å²) in [6, 6.07) is 5.63. The van der Waals surface area contributed by atoms with E-state index in [0.717, 1.165) is 7.11 Å². The molecule has 0 fully saturated rings. The minimum atomic E-state index is -2.42. The third-order valence-electron chi connectivity index (χ3n) is 9.34. The summed E-state index contributed by atoms with van der Waals surface area (Å²) in [5.74, 6) is -7.74. The zero-order valence-corrected chi connectivity index (χ0v) is 24.9. The van der Waals surface area contributed by atoms with E-state index in [0.29, 0.717) is 5.57 Å². The first-order valence-corrected chi connectivity index (χ1v) is 14.4. The molecule has 0 saturated heterocycles. The molecule has 13 nitrogen and oxygen atoms in total. The highest BCUT2D eigenvalue weighted by Gasteiger charge is 2.61. The van der Waals surface area contributed by atoms with Gasteiger partial charge in [-0.05, 0) is 37.5 Å². The van der Waals surface area contributed by atoms with Crippen LogP contribution in [0.4, 0.5) is 0 Å². The summed E-state index contributed by atoms with van der Waals surface area (Å²) in [5.41, 5.74) is -3.62. The molecule has 1 heterocycles. The number of hydrogen-bond donors (Lipinski definition) is 5. The largest absolute Gasteiger partial charge is 0.507 e. The molecule has 240 valence electrons. The number of ketones is 2. The van der Waals surface area contributed by atoms with Gasteiger partial charge in [-0.3, -0.25) is 19.2 Å². The van der Waals surface area contributed by atoms with Crippen LogP contribution in [0, 0.1) is 5.41 Å². The van der Waals surface area contributed by atoms with Crippen LogP contribution < -0.4 is 4.74 Å². The van der Waals surface area contributed by atoms with Gasteiger partial charge in [0.25, 0.3) is 0 Å². The number of aliphatic carboxylic acids is 1.